The number of nitrogens with zero attached hydrogens (tertiary/aromatic N) is 1. The molecule has 0 amide bonds. The van der Waals surface area contributed by atoms with E-state index < -0.39 is 10.0 Å². The van der Waals surface area contributed by atoms with Gasteiger partial charge in [-0.05, 0) is 35.4 Å². The molecule has 0 aliphatic heterocycles. The normalized spacial score (nSPS) is 11.6. The first-order valence-electron chi connectivity index (χ1n) is 5.74. The van der Waals surface area contributed by atoms with Gasteiger partial charge in [0.1, 0.15) is 5.75 Å². The van der Waals surface area contributed by atoms with Crippen LogP contribution in [0.15, 0.2) is 41.6 Å². The minimum atomic E-state index is -3.64. The Labute approximate surface area is 127 Å². The van der Waals surface area contributed by atoms with Crippen molar-refractivity contribution in [3.05, 3.63) is 47.8 Å². The highest BCUT2D eigenvalue weighted by molar-refractivity contribution is 7.90. The lowest BCUT2D eigenvalue weighted by Gasteiger charge is -2.06. The number of benzene rings is 1. The van der Waals surface area contributed by atoms with Crippen molar-refractivity contribution in [1.82, 2.24) is 3.97 Å². The molecule has 2 aromatic rings. The zero-order valence-corrected chi connectivity index (χ0v) is 13.0. The van der Waals surface area contributed by atoms with E-state index in [1.807, 2.05) is 0 Å². The predicted molar refractivity (Wildman–Crippen MR) is 79.1 cm³/mol. The van der Waals surface area contributed by atoms with E-state index in [4.69, 9.17) is 27.9 Å². The van der Waals surface area contributed by atoms with Gasteiger partial charge in [0, 0.05) is 24.2 Å². The summed E-state index contributed by atoms with van der Waals surface area (Å²) in [6.45, 7) is 0. The van der Waals surface area contributed by atoms with Crippen LogP contribution >= 0.6 is 23.2 Å². The van der Waals surface area contributed by atoms with Crippen LogP contribution in [0.2, 0.25) is 0 Å². The highest BCUT2D eigenvalue weighted by atomic mass is 35.5. The van der Waals surface area contributed by atoms with Crippen molar-refractivity contribution in [3.8, 4) is 5.75 Å². The zero-order chi connectivity index (χ0) is 14.8. The van der Waals surface area contributed by atoms with Crippen LogP contribution < -0.4 is 4.74 Å². The minimum absolute atomic E-state index is 0.176. The summed E-state index contributed by atoms with van der Waals surface area (Å²) in [5.74, 6) is 1.03. The van der Waals surface area contributed by atoms with E-state index in [1.54, 1.807) is 12.1 Å². The van der Waals surface area contributed by atoms with Gasteiger partial charge in [-0.25, -0.2) is 12.4 Å². The molecule has 0 atom stereocenters. The molecule has 1 aromatic heterocycles. The lowest BCUT2D eigenvalue weighted by molar-refractivity contribution is 0.414. The van der Waals surface area contributed by atoms with E-state index in [0.29, 0.717) is 16.9 Å². The molecule has 0 aliphatic rings. The Bertz CT molecular complexity index is 671. The maximum Gasteiger partial charge on any atom is 0.267 e. The van der Waals surface area contributed by atoms with E-state index in [0.717, 1.165) is 3.97 Å². The van der Waals surface area contributed by atoms with E-state index in [2.05, 4.69) is 0 Å². The Balaban J connectivity index is 2.45. The Kier molecular flexibility index (Phi) is 4.62. The van der Waals surface area contributed by atoms with Crippen LogP contribution in [0.25, 0.3) is 0 Å². The SMILES string of the molecule is COc1ccc(S(=O)(=O)n2cc(CCl)c(CCl)c2)cc1. The Morgan fingerprint density at radius 2 is 1.55 bits per heavy atom. The van der Waals surface area contributed by atoms with Gasteiger partial charge in [0.15, 0.2) is 0 Å². The van der Waals surface area contributed by atoms with Crippen LogP contribution in [0, 0.1) is 0 Å². The molecule has 7 heteroatoms. The Hall–Kier alpha value is -1.17. The smallest absolute Gasteiger partial charge is 0.267 e. The number of halogens is 2. The predicted octanol–water partition coefficient (Wildman–Crippen LogP) is 3.21. The average Bonchev–Trinajstić information content (AvgIpc) is 2.91. The zero-order valence-electron chi connectivity index (χ0n) is 10.7. The summed E-state index contributed by atoms with van der Waals surface area (Å²) in [5, 5.41) is 0. The lowest BCUT2D eigenvalue weighted by Crippen LogP contribution is -2.10. The lowest BCUT2D eigenvalue weighted by atomic mass is 10.2. The van der Waals surface area contributed by atoms with Crippen molar-refractivity contribution in [2.45, 2.75) is 16.7 Å². The van der Waals surface area contributed by atoms with Crippen LogP contribution in [0.1, 0.15) is 11.1 Å². The van der Waals surface area contributed by atoms with E-state index in [1.165, 1.54) is 31.6 Å². The number of hydrogen-bond acceptors (Lipinski definition) is 3. The molecule has 108 valence electrons. The van der Waals surface area contributed by atoms with Gasteiger partial charge in [-0.2, -0.15) is 0 Å². The van der Waals surface area contributed by atoms with E-state index in [-0.39, 0.29) is 16.7 Å². The van der Waals surface area contributed by atoms with Gasteiger partial charge in [-0.3, -0.25) is 0 Å². The maximum absolute atomic E-state index is 12.5. The quantitative estimate of drug-likeness (QED) is 0.789. The molecule has 0 unspecified atom stereocenters. The molecular weight excluding hydrogens is 321 g/mol. The van der Waals surface area contributed by atoms with Crippen LogP contribution in [0.3, 0.4) is 0 Å². The molecule has 20 heavy (non-hydrogen) atoms. The van der Waals surface area contributed by atoms with Crippen LogP contribution in [-0.4, -0.2) is 19.5 Å². The van der Waals surface area contributed by atoms with Crippen molar-refractivity contribution in [2.24, 2.45) is 0 Å². The highest BCUT2D eigenvalue weighted by Crippen LogP contribution is 2.22. The molecule has 0 spiro atoms. The van der Waals surface area contributed by atoms with E-state index in [9.17, 15) is 8.42 Å². The summed E-state index contributed by atoms with van der Waals surface area (Å²) in [7, 11) is -2.12. The molecule has 4 nitrogen and oxygen atoms in total. The first-order valence-corrected chi connectivity index (χ1v) is 8.25. The topological polar surface area (TPSA) is 48.3 Å². The van der Waals surface area contributed by atoms with Crippen LogP contribution in [0.5, 0.6) is 5.75 Å². The third kappa shape index (κ3) is 2.80. The first-order chi connectivity index (χ1) is 9.52. The van der Waals surface area contributed by atoms with E-state index >= 15 is 0 Å². The molecule has 0 saturated carbocycles. The maximum atomic E-state index is 12.5. The first kappa shape index (κ1) is 15.2. The van der Waals surface area contributed by atoms with Gasteiger partial charge in [0.25, 0.3) is 10.0 Å². The molecule has 0 aliphatic carbocycles. The van der Waals surface area contributed by atoms with Gasteiger partial charge >= 0.3 is 0 Å². The summed E-state index contributed by atoms with van der Waals surface area (Å²) in [5.41, 5.74) is 1.41. The highest BCUT2D eigenvalue weighted by Gasteiger charge is 2.18. The molecular formula is C13H13Cl2NO3S. The second-order valence-electron chi connectivity index (χ2n) is 4.09. The van der Waals surface area contributed by atoms with Crippen molar-refractivity contribution in [1.29, 1.82) is 0 Å². The number of alkyl halides is 2. The van der Waals surface area contributed by atoms with Gasteiger partial charge in [-0.15, -0.1) is 23.2 Å². The molecule has 0 radical (unpaired) electrons. The number of hydrogen-bond donors (Lipinski definition) is 0. The number of methoxy groups -OCH3 is 1. The second-order valence-corrected chi connectivity index (χ2v) is 6.46. The largest absolute Gasteiger partial charge is 0.497 e. The van der Waals surface area contributed by atoms with Crippen molar-refractivity contribution in [3.63, 3.8) is 0 Å². The van der Waals surface area contributed by atoms with Gasteiger partial charge in [-0.1, -0.05) is 0 Å². The second kappa shape index (κ2) is 6.08. The van der Waals surface area contributed by atoms with Gasteiger partial charge < -0.3 is 4.74 Å². The van der Waals surface area contributed by atoms with Crippen molar-refractivity contribution < 1.29 is 13.2 Å². The standard InChI is InChI=1S/C13H13Cl2NO3S/c1-19-12-2-4-13(5-3-12)20(17,18)16-8-10(6-14)11(7-15)9-16/h2-5,8-9H,6-7H2,1H3. The molecule has 0 bridgehead atoms. The number of aromatic nitrogens is 1. The summed E-state index contributed by atoms with van der Waals surface area (Å²) in [6, 6.07) is 6.19. The molecule has 0 N–H and O–H groups in total. The number of rotatable bonds is 5. The molecule has 0 fully saturated rings. The third-order valence-electron chi connectivity index (χ3n) is 2.90. The Morgan fingerprint density at radius 1 is 1.05 bits per heavy atom. The summed E-state index contributed by atoms with van der Waals surface area (Å²) >= 11 is 11.6. The molecule has 2 rings (SSSR count). The van der Waals surface area contributed by atoms with Crippen LogP contribution in [0.4, 0.5) is 0 Å². The van der Waals surface area contributed by atoms with Gasteiger partial charge in [0.05, 0.1) is 12.0 Å². The summed E-state index contributed by atoms with van der Waals surface area (Å²) in [6.07, 6.45) is 2.98. The fraction of sp³-hybridized carbons (Fsp3) is 0.231. The van der Waals surface area contributed by atoms with Crippen LogP contribution in [-0.2, 0) is 21.8 Å². The number of ether oxygens (including phenoxy) is 1. The average molecular weight is 334 g/mol. The van der Waals surface area contributed by atoms with Gasteiger partial charge in [0.2, 0.25) is 0 Å². The Morgan fingerprint density at radius 3 is 1.95 bits per heavy atom. The van der Waals surface area contributed by atoms with Crippen molar-refractivity contribution >= 4 is 33.2 Å². The molecule has 1 aromatic carbocycles. The molecule has 1 heterocycles. The summed E-state index contributed by atoms with van der Waals surface area (Å²) < 4.78 is 31.1. The minimum Gasteiger partial charge on any atom is -0.497 e. The fourth-order valence-electron chi connectivity index (χ4n) is 1.76. The van der Waals surface area contributed by atoms with Crippen molar-refractivity contribution in [2.75, 3.05) is 7.11 Å². The fourth-order valence-corrected chi connectivity index (χ4v) is 3.50. The monoisotopic (exact) mass is 333 g/mol. The third-order valence-corrected chi connectivity index (χ3v) is 5.11. The summed E-state index contributed by atoms with van der Waals surface area (Å²) in [4.78, 5) is 0.176. The molecule has 0 saturated heterocycles.